The van der Waals surface area contributed by atoms with E-state index >= 15 is 0 Å². The number of hydrogen-bond acceptors (Lipinski definition) is 3. The Kier molecular flexibility index (Phi) is 6.66. The SMILES string of the molecule is COCCN(CCC(=O)Nc1cccc(F)c1)C(C)=O. The van der Waals surface area contributed by atoms with Crippen LogP contribution in [-0.4, -0.2) is 43.5 Å². The van der Waals surface area contributed by atoms with Gasteiger partial charge in [-0.15, -0.1) is 0 Å². The first-order valence-electron chi connectivity index (χ1n) is 6.33. The molecule has 0 spiro atoms. The third-order valence-electron chi connectivity index (χ3n) is 2.73. The fraction of sp³-hybridized carbons (Fsp3) is 0.429. The average molecular weight is 282 g/mol. The molecular weight excluding hydrogens is 263 g/mol. The summed E-state index contributed by atoms with van der Waals surface area (Å²) in [6.45, 7) is 2.62. The number of ether oxygens (including phenoxy) is 1. The maximum absolute atomic E-state index is 13.0. The normalized spacial score (nSPS) is 10.2. The molecule has 1 aromatic carbocycles. The van der Waals surface area contributed by atoms with E-state index in [1.165, 1.54) is 30.0 Å². The van der Waals surface area contributed by atoms with E-state index in [0.717, 1.165) is 0 Å². The molecule has 110 valence electrons. The van der Waals surface area contributed by atoms with Gasteiger partial charge >= 0.3 is 0 Å². The van der Waals surface area contributed by atoms with Crippen molar-refractivity contribution in [3.8, 4) is 0 Å². The van der Waals surface area contributed by atoms with Gasteiger partial charge in [-0.2, -0.15) is 0 Å². The highest BCUT2D eigenvalue weighted by Crippen LogP contribution is 2.09. The Balaban J connectivity index is 2.43. The molecule has 1 rings (SSSR count). The van der Waals surface area contributed by atoms with Gasteiger partial charge in [-0.1, -0.05) is 6.07 Å². The smallest absolute Gasteiger partial charge is 0.226 e. The molecule has 0 unspecified atom stereocenters. The van der Waals surface area contributed by atoms with E-state index in [0.29, 0.717) is 25.4 Å². The minimum atomic E-state index is -0.409. The minimum Gasteiger partial charge on any atom is -0.383 e. The van der Waals surface area contributed by atoms with Crippen molar-refractivity contribution in [1.29, 1.82) is 0 Å². The Morgan fingerprint density at radius 3 is 2.70 bits per heavy atom. The van der Waals surface area contributed by atoms with Crippen molar-refractivity contribution in [2.24, 2.45) is 0 Å². The van der Waals surface area contributed by atoms with Crippen LogP contribution in [-0.2, 0) is 14.3 Å². The van der Waals surface area contributed by atoms with Gasteiger partial charge < -0.3 is 15.0 Å². The van der Waals surface area contributed by atoms with Gasteiger partial charge in [0.1, 0.15) is 5.82 Å². The van der Waals surface area contributed by atoms with Crippen LogP contribution in [0.15, 0.2) is 24.3 Å². The van der Waals surface area contributed by atoms with E-state index < -0.39 is 5.82 Å². The molecule has 1 N–H and O–H groups in total. The lowest BCUT2D eigenvalue weighted by Crippen LogP contribution is -2.34. The van der Waals surface area contributed by atoms with E-state index in [1.807, 2.05) is 0 Å². The van der Waals surface area contributed by atoms with Crippen LogP contribution >= 0.6 is 0 Å². The number of nitrogens with one attached hydrogen (secondary N) is 1. The maximum atomic E-state index is 13.0. The number of anilines is 1. The highest BCUT2D eigenvalue weighted by molar-refractivity contribution is 5.91. The summed E-state index contributed by atoms with van der Waals surface area (Å²) < 4.78 is 17.9. The Hall–Kier alpha value is -1.95. The van der Waals surface area contributed by atoms with Crippen LogP contribution in [0.2, 0.25) is 0 Å². The predicted octanol–water partition coefficient (Wildman–Crippen LogP) is 1.65. The summed E-state index contributed by atoms with van der Waals surface area (Å²) in [5.74, 6) is -0.784. The topological polar surface area (TPSA) is 58.6 Å². The summed E-state index contributed by atoms with van der Waals surface area (Å²) in [6, 6.07) is 5.67. The zero-order valence-corrected chi connectivity index (χ0v) is 11.7. The summed E-state index contributed by atoms with van der Waals surface area (Å²) in [5, 5.41) is 2.58. The van der Waals surface area contributed by atoms with Gasteiger partial charge in [0.25, 0.3) is 0 Å². The molecule has 1 aromatic rings. The van der Waals surface area contributed by atoms with E-state index in [1.54, 1.807) is 13.2 Å². The number of rotatable bonds is 7. The molecule has 0 radical (unpaired) electrons. The van der Waals surface area contributed by atoms with E-state index in [9.17, 15) is 14.0 Å². The molecule has 0 aromatic heterocycles. The third-order valence-corrected chi connectivity index (χ3v) is 2.73. The monoisotopic (exact) mass is 282 g/mol. The lowest BCUT2D eigenvalue weighted by Gasteiger charge is -2.20. The van der Waals surface area contributed by atoms with Crippen LogP contribution in [0.3, 0.4) is 0 Å². The van der Waals surface area contributed by atoms with E-state index in [-0.39, 0.29) is 18.2 Å². The molecular formula is C14H19FN2O3. The molecule has 6 heteroatoms. The summed E-state index contributed by atoms with van der Waals surface area (Å²) >= 11 is 0. The summed E-state index contributed by atoms with van der Waals surface area (Å²) in [5.41, 5.74) is 0.404. The number of nitrogens with zero attached hydrogens (tertiary/aromatic N) is 1. The highest BCUT2D eigenvalue weighted by Gasteiger charge is 2.11. The minimum absolute atomic E-state index is 0.111. The Morgan fingerprint density at radius 1 is 1.35 bits per heavy atom. The Labute approximate surface area is 117 Å². The van der Waals surface area contributed by atoms with Crippen molar-refractivity contribution in [1.82, 2.24) is 4.90 Å². The van der Waals surface area contributed by atoms with Gasteiger partial charge in [-0.25, -0.2) is 4.39 Å². The predicted molar refractivity (Wildman–Crippen MR) is 73.8 cm³/mol. The summed E-state index contributed by atoms with van der Waals surface area (Å²) in [6.07, 6.45) is 0.153. The standard InChI is InChI=1S/C14H19FN2O3/c1-11(18)17(8-9-20-2)7-6-14(19)16-13-5-3-4-12(15)10-13/h3-5,10H,6-9H2,1-2H3,(H,16,19). The molecule has 0 aliphatic heterocycles. The van der Waals surface area contributed by atoms with Crippen LogP contribution in [0.1, 0.15) is 13.3 Å². The number of carbonyl (C=O) groups is 2. The number of halogens is 1. The second-order valence-corrected chi connectivity index (χ2v) is 4.31. The van der Waals surface area contributed by atoms with Gasteiger partial charge in [0.2, 0.25) is 11.8 Å². The van der Waals surface area contributed by atoms with Crippen LogP contribution in [0, 0.1) is 5.82 Å². The van der Waals surface area contributed by atoms with Crippen molar-refractivity contribution in [2.75, 3.05) is 32.1 Å². The number of methoxy groups -OCH3 is 1. The number of hydrogen-bond donors (Lipinski definition) is 1. The molecule has 0 aliphatic carbocycles. The Morgan fingerprint density at radius 2 is 2.10 bits per heavy atom. The highest BCUT2D eigenvalue weighted by atomic mass is 19.1. The molecule has 0 fully saturated rings. The number of carbonyl (C=O) groups excluding carboxylic acids is 2. The first-order valence-corrected chi connectivity index (χ1v) is 6.33. The average Bonchev–Trinajstić information content (AvgIpc) is 2.38. The summed E-state index contributed by atoms with van der Waals surface area (Å²) in [4.78, 5) is 24.6. The molecule has 0 bridgehead atoms. The zero-order valence-electron chi connectivity index (χ0n) is 11.7. The van der Waals surface area contributed by atoms with Gasteiger partial charge in [-0.05, 0) is 18.2 Å². The van der Waals surface area contributed by atoms with Crippen molar-refractivity contribution in [3.05, 3.63) is 30.1 Å². The largest absolute Gasteiger partial charge is 0.383 e. The molecule has 0 atom stereocenters. The van der Waals surface area contributed by atoms with E-state index in [4.69, 9.17) is 4.74 Å². The quantitative estimate of drug-likeness (QED) is 0.827. The second kappa shape index (κ2) is 8.27. The maximum Gasteiger partial charge on any atom is 0.226 e. The fourth-order valence-corrected chi connectivity index (χ4v) is 1.65. The lowest BCUT2D eigenvalue weighted by atomic mass is 10.3. The van der Waals surface area contributed by atoms with Crippen molar-refractivity contribution in [2.45, 2.75) is 13.3 Å². The molecule has 0 aliphatic rings. The van der Waals surface area contributed by atoms with Crippen LogP contribution in [0.25, 0.3) is 0 Å². The first kappa shape index (κ1) is 16.1. The number of benzene rings is 1. The summed E-state index contributed by atoms with van der Waals surface area (Å²) in [7, 11) is 1.55. The van der Waals surface area contributed by atoms with Gasteiger partial charge in [0.05, 0.1) is 6.61 Å². The van der Waals surface area contributed by atoms with Crippen LogP contribution in [0.5, 0.6) is 0 Å². The van der Waals surface area contributed by atoms with Gasteiger partial charge in [0, 0.05) is 39.2 Å². The molecule has 2 amide bonds. The van der Waals surface area contributed by atoms with Crippen LogP contribution < -0.4 is 5.32 Å². The zero-order chi connectivity index (χ0) is 15.0. The molecule has 0 saturated carbocycles. The van der Waals surface area contributed by atoms with Gasteiger partial charge in [0.15, 0.2) is 0 Å². The Bertz CT molecular complexity index is 465. The molecule has 20 heavy (non-hydrogen) atoms. The first-order chi connectivity index (χ1) is 9.52. The molecule has 0 saturated heterocycles. The van der Waals surface area contributed by atoms with Gasteiger partial charge in [-0.3, -0.25) is 9.59 Å². The van der Waals surface area contributed by atoms with Crippen molar-refractivity contribution >= 4 is 17.5 Å². The second-order valence-electron chi connectivity index (χ2n) is 4.31. The van der Waals surface area contributed by atoms with Crippen LogP contribution in [0.4, 0.5) is 10.1 Å². The molecule has 0 heterocycles. The van der Waals surface area contributed by atoms with Crippen molar-refractivity contribution < 1.29 is 18.7 Å². The fourth-order valence-electron chi connectivity index (χ4n) is 1.65. The van der Waals surface area contributed by atoms with Crippen molar-refractivity contribution in [3.63, 3.8) is 0 Å². The number of amides is 2. The lowest BCUT2D eigenvalue weighted by molar-refractivity contribution is -0.130. The third kappa shape index (κ3) is 5.79. The van der Waals surface area contributed by atoms with E-state index in [2.05, 4.69) is 5.32 Å². The molecule has 5 nitrogen and oxygen atoms in total.